The first-order valence-corrected chi connectivity index (χ1v) is 8.42. The third-order valence-corrected chi connectivity index (χ3v) is 5.44. The lowest BCUT2D eigenvalue weighted by atomic mass is 10.1. The van der Waals surface area contributed by atoms with Crippen LogP contribution in [0.2, 0.25) is 0 Å². The molecule has 1 aliphatic carbocycles. The molecule has 2 rings (SSSR count). The number of rotatable bonds is 4. The van der Waals surface area contributed by atoms with Gasteiger partial charge >= 0.3 is 5.97 Å². The van der Waals surface area contributed by atoms with Gasteiger partial charge in [0.25, 0.3) is 0 Å². The van der Waals surface area contributed by atoms with Crippen LogP contribution in [0.15, 0.2) is 16.1 Å². The molecule has 24 heavy (non-hydrogen) atoms. The maximum Gasteiger partial charge on any atom is 0.310 e. The van der Waals surface area contributed by atoms with Crippen LogP contribution in [0, 0.1) is 41.6 Å². The van der Waals surface area contributed by atoms with Gasteiger partial charge in [-0.2, -0.15) is 0 Å². The lowest BCUT2D eigenvalue weighted by Gasteiger charge is -2.12. The van der Waals surface area contributed by atoms with Crippen LogP contribution in [0.25, 0.3) is 0 Å². The monoisotopic (exact) mass is 404 g/mol. The summed E-state index contributed by atoms with van der Waals surface area (Å²) in [4.78, 5) is 12.3. The number of allylic oxidation sites excluding steroid dienone is 2. The summed E-state index contributed by atoms with van der Waals surface area (Å²) in [7, 11) is 0. The van der Waals surface area contributed by atoms with Crippen molar-refractivity contribution < 1.29 is 22.7 Å². The van der Waals surface area contributed by atoms with Crippen molar-refractivity contribution in [1.82, 2.24) is 0 Å². The van der Waals surface area contributed by atoms with Crippen molar-refractivity contribution in [2.24, 2.45) is 17.3 Å². The number of hydrogen-bond donors (Lipinski definition) is 0. The molecule has 0 radical (unpaired) electrons. The fourth-order valence-corrected chi connectivity index (χ4v) is 3.53. The summed E-state index contributed by atoms with van der Waals surface area (Å²) in [6.07, 6.45) is 2.01. The molecule has 2 unspecified atom stereocenters. The first-order valence-electron chi connectivity index (χ1n) is 7.63. The molecular formula is C18H20BrF3O2. The molecule has 6 heteroatoms. The lowest BCUT2D eigenvalue weighted by molar-refractivity contribution is -0.147. The average molecular weight is 405 g/mol. The Kier molecular flexibility index (Phi) is 5.19. The van der Waals surface area contributed by atoms with E-state index in [0.29, 0.717) is 0 Å². The Morgan fingerprint density at radius 1 is 1.21 bits per heavy atom. The van der Waals surface area contributed by atoms with Crippen molar-refractivity contribution in [1.29, 1.82) is 0 Å². The molecule has 1 aliphatic rings. The molecule has 0 spiro atoms. The van der Waals surface area contributed by atoms with Crippen LogP contribution in [0.4, 0.5) is 13.2 Å². The Bertz CT molecular complexity index is 692. The number of hydrogen-bond acceptors (Lipinski definition) is 2. The zero-order chi connectivity index (χ0) is 18.4. The van der Waals surface area contributed by atoms with E-state index in [1.54, 1.807) is 0 Å². The smallest absolute Gasteiger partial charge is 0.310 e. The highest BCUT2D eigenvalue weighted by molar-refractivity contribution is 9.10. The molecule has 0 saturated heterocycles. The number of carbonyl (C=O) groups excluding carboxylic acids is 1. The first kappa shape index (κ1) is 19.0. The third-order valence-electron chi connectivity index (χ3n) is 4.61. The first-order chi connectivity index (χ1) is 11.0. The van der Waals surface area contributed by atoms with E-state index in [0.717, 1.165) is 12.5 Å². The van der Waals surface area contributed by atoms with Crippen LogP contribution in [0.3, 0.4) is 0 Å². The Labute approximate surface area is 148 Å². The van der Waals surface area contributed by atoms with Crippen molar-refractivity contribution in [2.45, 2.75) is 41.2 Å². The van der Waals surface area contributed by atoms with E-state index in [-0.39, 0.29) is 27.3 Å². The summed E-state index contributed by atoms with van der Waals surface area (Å²) in [5, 5.41) is 0. The van der Waals surface area contributed by atoms with Crippen molar-refractivity contribution in [3.63, 3.8) is 0 Å². The van der Waals surface area contributed by atoms with Gasteiger partial charge in [-0.1, -0.05) is 25.5 Å². The summed E-state index contributed by atoms with van der Waals surface area (Å²) >= 11 is 2.90. The Balaban J connectivity index is 2.16. The van der Waals surface area contributed by atoms with E-state index in [4.69, 9.17) is 4.74 Å². The van der Waals surface area contributed by atoms with Gasteiger partial charge in [-0.25, -0.2) is 13.2 Å². The molecule has 0 amide bonds. The minimum atomic E-state index is -1.27. The minimum absolute atomic E-state index is 0.0507. The summed E-state index contributed by atoms with van der Waals surface area (Å²) in [6, 6.07) is 0. The van der Waals surface area contributed by atoms with Crippen molar-refractivity contribution >= 4 is 21.9 Å². The summed E-state index contributed by atoms with van der Waals surface area (Å²) < 4.78 is 46.4. The van der Waals surface area contributed by atoms with Gasteiger partial charge in [-0.3, -0.25) is 4.79 Å². The summed E-state index contributed by atoms with van der Waals surface area (Å²) in [5.74, 6) is -4.14. The molecule has 1 saturated carbocycles. The van der Waals surface area contributed by atoms with Crippen LogP contribution in [-0.2, 0) is 16.1 Å². The molecule has 1 aromatic rings. The predicted molar refractivity (Wildman–Crippen MR) is 88.7 cm³/mol. The second-order valence-electron chi connectivity index (χ2n) is 7.04. The maximum absolute atomic E-state index is 14.0. The van der Waals surface area contributed by atoms with Gasteiger partial charge in [0.15, 0.2) is 11.6 Å². The Morgan fingerprint density at radius 3 is 2.33 bits per heavy atom. The number of esters is 1. The van der Waals surface area contributed by atoms with Gasteiger partial charge in [0.1, 0.15) is 12.4 Å². The zero-order valence-electron chi connectivity index (χ0n) is 14.3. The highest BCUT2D eigenvalue weighted by Gasteiger charge is 2.61. The summed E-state index contributed by atoms with van der Waals surface area (Å²) in [5.41, 5.74) is 0.107. The number of halogens is 4. The fraction of sp³-hybridized carbons (Fsp3) is 0.500. The van der Waals surface area contributed by atoms with Gasteiger partial charge < -0.3 is 4.74 Å². The molecule has 1 fully saturated rings. The molecule has 0 N–H and O–H groups in total. The van der Waals surface area contributed by atoms with Gasteiger partial charge in [0.05, 0.1) is 10.4 Å². The predicted octanol–water partition coefficient (Wildman–Crippen LogP) is 5.46. The Hall–Kier alpha value is -1.30. The topological polar surface area (TPSA) is 26.3 Å². The maximum atomic E-state index is 14.0. The zero-order valence-corrected chi connectivity index (χ0v) is 15.9. The summed E-state index contributed by atoms with van der Waals surface area (Å²) in [6.45, 7) is 8.41. The number of ether oxygens (including phenoxy) is 1. The van der Waals surface area contributed by atoms with Gasteiger partial charge in [0, 0.05) is 11.1 Å². The van der Waals surface area contributed by atoms with E-state index < -0.39 is 35.6 Å². The van der Waals surface area contributed by atoms with Crippen LogP contribution in [0.5, 0.6) is 0 Å². The van der Waals surface area contributed by atoms with E-state index in [1.165, 1.54) is 0 Å². The van der Waals surface area contributed by atoms with Crippen LogP contribution < -0.4 is 0 Å². The van der Waals surface area contributed by atoms with E-state index in [2.05, 4.69) is 15.9 Å². The molecule has 2 atom stereocenters. The number of benzene rings is 1. The highest BCUT2D eigenvalue weighted by Crippen LogP contribution is 2.59. The third kappa shape index (κ3) is 3.25. The van der Waals surface area contributed by atoms with Gasteiger partial charge in [-0.05, 0) is 48.0 Å². The molecule has 0 heterocycles. The van der Waals surface area contributed by atoms with Crippen molar-refractivity contribution in [2.75, 3.05) is 0 Å². The largest absolute Gasteiger partial charge is 0.460 e. The molecule has 2 nitrogen and oxygen atoms in total. The van der Waals surface area contributed by atoms with Crippen LogP contribution in [0.1, 0.15) is 38.8 Å². The van der Waals surface area contributed by atoms with Crippen molar-refractivity contribution in [3.8, 4) is 0 Å². The molecular weight excluding hydrogens is 385 g/mol. The lowest BCUT2D eigenvalue weighted by Crippen LogP contribution is -2.13. The Morgan fingerprint density at radius 2 is 1.79 bits per heavy atom. The molecule has 0 bridgehead atoms. The molecule has 1 aromatic carbocycles. The molecule has 132 valence electrons. The number of carbonyl (C=O) groups is 1. The molecule has 0 aliphatic heterocycles. The fourth-order valence-electron chi connectivity index (χ4n) is 2.94. The highest BCUT2D eigenvalue weighted by atomic mass is 79.9. The van der Waals surface area contributed by atoms with E-state index in [9.17, 15) is 18.0 Å². The quantitative estimate of drug-likeness (QED) is 0.378. The molecule has 0 aromatic heterocycles. The second kappa shape index (κ2) is 6.54. The van der Waals surface area contributed by atoms with Gasteiger partial charge in [-0.15, -0.1) is 0 Å². The SMILES string of the molecule is CC(C)=CC1C(C(=O)OCc2c(F)c(F)c(C)c(F)c2Br)C1(C)C. The second-order valence-corrected chi connectivity index (χ2v) is 7.83. The van der Waals surface area contributed by atoms with Crippen LogP contribution >= 0.6 is 15.9 Å². The van der Waals surface area contributed by atoms with Crippen molar-refractivity contribution in [3.05, 3.63) is 44.7 Å². The normalized spacial score (nSPS) is 21.4. The minimum Gasteiger partial charge on any atom is -0.460 e. The van der Waals surface area contributed by atoms with E-state index in [1.807, 2.05) is 33.8 Å². The van der Waals surface area contributed by atoms with E-state index >= 15 is 0 Å². The van der Waals surface area contributed by atoms with Gasteiger partial charge in [0.2, 0.25) is 0 Å². The average Bonchev–Trinajstić information content (AvgIpc) is 3.02. The van der Waals surface area contributed by atoms with Crippen LogP contribution in [-0.4, -0.2) is 5.97 Å². The standard InChI is InChI=1S/C18H20BrF3O2/c1-8(2)6-11-12(18(11,4)5)17(23)24-7-10-13(19)14(20)9(3)15(21)16(10)22/h6,11-12H,7H2,1-5H3.